The molecule has 1 fully saturated rings. The van der Waals surface area contributed by atoms with Crippen LogP contribution in [-0.4, -0.2) is 48.1 Å². The van der Waals surface area contributed by atoms with E-state index in [1.807, 2.05) is 30.3 Å². The topological polar surface area (TPSA) is 71.6 Å². The lowest BCUT2D eigenvalue weighted by molar-refractivity contribution is -0.129. The maximum Gasteiger partial charge on any atom is 0.255 e. The Morgan fingerprint density at radius 3 is 2.11 bits per heavy atom. The number of piperazine rings is 1. The molecule has 10 heteroatoms. The molecule has 4 aromatic rings. The third-order valence-electron chi connectivity index (χ3n) is 6.49. The van der Waals surface area contributed by atoms with E-state index in [9.17, 15) is 9.59 Å². The molecule has 0 bridgehead atoms. The molecule has 37 heavy (non-hydrogen) atoms. The molecule has 192 valence electrons. The molecule has 0 radical (unpaired) electrons. The second-order valence-electron chi connectivity index (χ2n) is 8.56. The number of hydrogen-bond acceptors (Lipinski definition) is 4. The first-order valence-electron chi connectivity index (χ1n) is 11.5. The Bertz CT molecular complexity index is 1510. The van der Waals surface area contributed by atoms with Crippen molar-refractivity contribution in [1.29, 1.82) is 0 Å². The average Bonchev–Trinajstić information content (AvgIpc) is 2.89. The van der Waals surface area contributed by atoms with Gasteiger partial charge < -0.3 is 15.5 Å². The van der Waals surface area contributed by atoms with E-state index >= 15 is 0 Å². The van der Waals surface area contributed by atoms with Crippen LogP contribution in [-0.2, 0) is 4.79 Å². The van der Waals surface area contributed by atoms with Crippen LogP contribution in [0.1, 0.15) is 0 Å². The monoisotopic (exact) mass is 576 g/mol. The van der Waals surface area contributed by atoms with Gasteiger partial charge in [-0.25, -0.2) is 0 Å². The molecular formula is C27H24Cl4N4O2. The van der Waals surface area contributed by atoms with Gasteiger partial charge in [0.1, 0.15) is 0 Å². The van der Waals surface area contributed by atoms with E-state index < -0.39 is 0 Å². The number of rotatable bonds is 4. The van der Waals surface area contributed by atoms with Gasteiger partial charge in [0.05, 0.1) is 27.8 Å². The third-order valence-corrected chi connectivity index (χ3v) is 7.43. The van der Waals surface area contributed by atoms with E-state index in [1.54, 1.807) is 33.7 Å². The van der Waals surface area contributed by atoms with Crippen LogP contribution in [0.4, 0.5) is 5.69 Å². The summed E-state index contributed by atoms with van der Waals surface area (Å²) in [5.74, 6) is -0.0629. The van der Waals surface area contributed by atoms with Gasteiger partial charge in [-0.2, -0.15) is 0 Å². The van der Waals surface area contributed by atoms with Gasteiger partial charge in [0, 0.05) is 53.9 Å². The molecule has 3 aromatic carbocycles. The zero-order valence-electron chi connectivity index (χ0n) is 19.7. The first kappa shape index (κ1) is 27.3. The van der Waals surface area contributed by atoms with E-state index in [2.05, 4.69) is 11.0 Å². The molecule has 1 aromatic heterocycles. The summed E-state index contributed by atoms with van der Waals surface area (Å²) in [7, 11) is 0. The molecule has 0 unspecified atom stereocenters. The lowest BCUT2D eigenvalue weighted by Gasteiger charge is -2.36. The number of aromatic nitrogens is 1. The van der Waals surface area contributed by atoms with Gasteiger partial charge >= 0.3 is 0 Å². The number of carbonyl (C=O) groups is 1. The minimum absolute atomic E-state index is 0. The molecule has 0 atom stereocenters. The van der Waals surface area contributed by atoms with Crippen molar-refractivity contribution in [2.75, 3.05) is 37.6 Å². The Kier molecular flexibility index (Phi) is 8.36. The lowest BCUT2D eigenvalue weighted by Crippen LogP contribution is -2.50. The lowest BCUT2D eigenvalue weighted by atomic mass is 9.98. The van der Waals surface area contributed by atoms with Crippen molar-refractivity contribution < 1.29 is 4.79 Å². The maximum atomic E-state index is 13.2. The molecule has 1 amide bonds. The predicted octanol–water partition coefficient (Wildman–Crippen LogP) is 5.65. The van der Waals surface area contributed by atoms with Crippen LogP contribution in [0.25, 0.3) is 27.7 Å². The Hall–Kier alpha value is -2.74. The van der Waals surface area contributed by atoms with Crippen LogP contribution >= 0.6 is 47.2 Å². The van der Waals surface area contributed by atoms with E-state index in [0.29, 0.717) is 52.5 Å². The standard InChI is InChI=1S/C27H23Cl3N4O2.ClH/c28-21-5-2-1-4-18(21)20-14-17(32-10-12-33(13-11-32)26(36)16-31)15-24-19(20)8-9-25(35)34(24)27-22(29)6-3-7-23(27)30;/h1-9,14-15H,10-13,16,31H2;1H. The molecule has 2 heterocycles. The first-order chi connectivity index (χ1) is 17.4. The number of halogens is 4. The molecule has 1 saturated heterocycles. The Morgan fingerprint density at radius 1 is 0.811 bits per heavy atom. The highest BCUT2D eigenvalue weighted by molar-refractivity contribution is 6.38. The van der Waals surface area contributed by atoms with Crippen LogP contribution in [0.2, 0.25) is 15.1 Å². The highest BCUT2D eigenvalue weighted by Crippen LogP contribution is 2.38. The van der Waals surface area contributed by atoms with Gasteiger partial charge in [-0.05, 0) is 42.0 Å². The Balaban J connectivity index is 0.00000320. The van der Waals surface area contributed by atoms with E-state index in [-0.39, 0.29) is 30.4 Å². The van der Waals surface area contributed by atoms with Crippen LogP contribution < -0.4 is 16.2 Å². The number of carbonyl (C=O) groups excluding carboxylic acids is 1. The van der Waals surface area contributed by atoms with Gasteiger partial charge in [0.2, 0.25) is 5.91 Å². The predicted molar refractivity (Wildman–Crippen MR) is 155 cm³/mol. The highest BCUT2D eigenvalue weighted by Gasteiger charge is 2.23. The largest absolute Gasteiger partial charge is 0.368 e. The summed E-state index contributed by atoms with van der Waals surface area (Å²) in [6.45, 7) is 2.38. The quantitative estimate of drug-likeness (QED) is 0.340. The van der Waals surface area contributed by atoms with Crippen molar-refractivity contribution in [3.05, 3.63) is 92.2 Å². The average molecular weight is 578 g/mol. The first-order valence-corrected chi connectivity index (χ1v) is 12.6. The van der Waals surface area contributed by atoms with Gasteiger partial charge in [0.15, 0.2) is 0 Å². The molecular weight excluding hydrogens is 554 g/mol. The summed E-state index contributed by atoms with van der Waals surface area (Å²) < 4.78 is 1.55. The fraction of sp³-hybridized carbons (Fsp3) is 0.185. The number of benzene rings is 3. The van der Waals surface area contributed by atoms with E-state index in [0.717, 1.165) is 22.2 Å². The zero-order valence-corrected chi connectivity index (χ0v) is 22.7. The fourth-order valence-corrected chi connectivity index (χ4v) is 5.50. The summed E-state index contributed by atoms with van der Waals surface area (Å²) >= 11 is 19.7. The summed E-state index contributed by atoms with van der Waals surface area (Å²) in [6.07, 6.45) is 0. The van der Waals surface area contributed by atoms with Crippen LogP contribution in [0.3, 0.4) is 0 Å². The SMILES string of the molecule is Cl.NCC(=O)N1CCN(c2cc(-c3ccccc3Cl)c3ccc(=O)n(-c4c(Cl)cccc4Cl)c3c2)CC1. The number of amides is 1. The Labute approximate surface area is 235 Å². The molecule has 1 aliphatic rings. The normalized spacial score (nSPS) is 13.5. The molecule has 1 aliphatic heterocycles. The maximum absolute atomic E-state index is 13.2. The number of nitrogens with two attached hydrogens (primary N) is 1. The summed E-state index contributed by atoms with van der Waals surface area (Å²) in [4.78, 5) is 29.3. The second-order valence-corrected chi connectivity index (χ2v) is 9.78. The summed E-state index contributed by atoms with van der Waals surface area (Å²) in [5.41, 5.74) is 9.01. The van der Waals surface area contributed by atoms with Gasteiger partial charge in [-0.3, -0.25) is 14.2 Å². The van der Waals surface area contributed by atoms with E-state index in [4.69, 9.17) is 40.5 Å². The molecule has 5 rings (SSSR count). The molecule has 6 nitrogen and oxygen atoms in total. The number of para-hydroxylation sites is 1. The summed E-state index contributed by atoms with van der Waals surface area (Å²) in [6, 6.07) is 20.1. The summed E-state index contributed by atoms with van der Waals surface area (Å²) in [5, 5.41) is 2.17. The van der Waals surface area contributed by atoms with Crippen molar-refractivity contribution in [2.45, 2.75) is 0 Å². The van der Waals surface area contributed by atoms with Crippen molar-refractivity contribution >= 4 is 69.7 Å². The number of hydrogen-bond donors (Lipinski definition) is 1. The van der Waals surface area contributed by atoms with Crippen molar-refractivity contribution in [1.82, 2.24) is 9.47 Å². The van der Waals surface area contributed by atoms with Gasteiger partial charge in [-0.15, -0.1) is 12.4 Å². The van der Waals surface area contributed by atoms with Crippen molar-refractivity contribution in [2.24, 2.45) is 5.73 Å². The zero-order chi connectivity index (χ0) is 25.4. The van der Waals surface area contributed by atoms with Gasteiger partial charge in [0.25, 0.3) is 5.56 Å². The number of nitrogens with zero attached hydrogens (tertiary/aromatic N) is 3. The third kappa shape index (κ3) is 5.17. The van der Waals surface area contributed by atoms with E-state index in [1.165, 1.54) is 6.07 Å². The highest BCUT2D eigenvalue weighted by atomic mass is 35.5. The van der Waals surface area contributed by atoms with Crippen molar-refractivity contribution in [3.63, 3.8) is 0 Å². The minimum Gasteiger partial charge on any atom is -0.368 e. The fourth-order valence-electron chi connectivity index (χ4n) is 4.69. The van der Waals surface area contributed by atoms with Crippen LogP contribution in [0.5, 0.6) is 0 Å². The Morgan fingerprint density at radius 2 is 1.46 bits per heavy atom. The molecule has 0 spiro atoms. The molecule has 0 saturated carbocycles. The number of pyridine rings is 1. The number of anilines is 1. The smallest absolute Gasteiger partial charge is 0.255 e. The van der Waals surface area contributed by atoms with Gasteiger partial charge in [-0.1, -0.05) is 59.1 Å². The number of fused-ring (bicyclic) bond motifs is 1. The van der Waals surface area contributed by atoms with Crippen molar-refractivity contribution in [3.8, 4) is 16.8 Å². The minimum atomic E-state index is -0.252. The molecule has 2 N–H and O–H groups in total. The molecule has 0 aliphatic carbocycles. The van der Waals surface area contributed by atoms with Crippen LogP contribution in [0, 0.1) is 0 Å². The second kappa shape index (κ2) is 11.3. The van der Waals surface area contributed by atoms with Crippen LogP contribution in [0.15, 0.2) is 71.5 Å².